The van der Waals surface area contributed by atoms with Gasteiger partial charge in [0.25, 0.3) is 5.91 Å². The molecule has 0 spiro atoms. The minimum absolute atomic E-state index is 0. The monoisotopic (exact) mass is 425 g/mol. The largest absolute Gasteiger partial charge is 0.488 e. The van der Waals surface area contributed by atoms with Crippen LogP contribution in [0.25, 0.3) is 6.08 Å². The number of amides is 1. The van der Waals surface area contributed by atoms with Crippen molar-refractivity contribution in [3.63, 3.8) is 0 Å². The first-order valence-corrected chi connectivity index (χ1v) is 8.65. The van der Waals surface area contributed by atoms with E-state index in [9.17, 15) is 18.0 Å². The van der Waals surface area contributed by atoms with E-state index in [0.29, 0.717) is 29.4 Å². The summed E-state index contributed by atoms with van der Waals surface area (Å²) in [7, 11) is 0. The molecule has 2 heterocycles. The third-order valence-electron chi connectivity index (χ3n) is 4.40. The van der Waals surface area contributed by atoms with Crippen molar-refractivity contribution in [2.75, 3.05) is 39.3 Å². The number of ether oxygens (including phenoxy) is 1. The lowest BCUT2D eigenvalue weighted by molar-refractivity contribution is -0.183. The summed E-state index contributed by atoms with van der Waals surface area (Å²) >= 11 is 5.92. The Morgan fingerprint density at radius 1 is 1.33 bits per heavy atom. The molecule has 1 amide bonds. The Kier molecular flexibility index (Phi) is 7.39. The summed E-state index contributed by atoms with van der Waals surface area (Å²) in [6.07, 6.45) is -2.82. The fourth-order valence-electron chi connectivity index (χ4n) is 3.03. The second kappa shape index (κ2) is 9.14. The van der Waals surface area contributed by atoms with E-state index in [1.807, 2.05) is 0 Å². The number of fused-ring (bicyclic) bond motifs is 1. The quantitative estimate of drug-likeness (QED) is 0.777. The standard InChI is InChI=1S/C17H19ClF3N3O2.ClH/c18-13-1-2-14-11(8-13)7-12(10-26-14)16(25)23-9-15(17(19,20)21)24-5-3-22-4-6-24;/h1-2,7-8,15,22H,3-6,9-10H2,(H,23,25);1H. The van der Waals surface area contributed by atoms with Gasteiger partial charge in [0.05, 0.1) is 5.57 Å². The molecule has 0 bridgehead atoms. The predicted octanol–water partition coefficient (Wildman–Crippen LogP) is 2.49. The highest BCUT2D eigenvalue weighted by Gasteiger charge is 2.43. The Morgan fingerprint density at radius 3 is 2.70 bits per heavy atom. The molecule has 1 unspecified atom stereocenters. The highest BCUT2D eigenvalue weighted by atomic mass is 35.5. The first kappa shape index (κ1) is 21.8. The van der Waals surface area contributed by atoms with Gasteiger partial charge in [0.15, 0.2) is 0 Å². The number of nitrogens with zero attached hydrogens (tertiary/aromatic N) is 1. The number of hydrogen-bond acceptors (Lipinski definition) is 4. The second-order valence-corrected chi connectivity index (χ2v) is 6.63. The molecular formula is C17H20Cl2F3N3O2. The van der Waals surface area contributed by atoms with Gasteiger partial charge in [-0.1, -0.05) is 11.6 Å². The molecule has 0 radical (unpaired) electrons. The summed E-state index contributed by atoms with van der Waals surface area (Å²) < 4.78 is 45.6. The molecule has 1 atom stereocenters. The van der Waals surface area contributed by atoms with Gasteiger partial charge < -0.3 is 15.4 Å². The van der Waals surface area contributed by atoms with E-state index in [1.165, 1.54) is 4.90 Å². The van der Waals surface area contributed by atoms with Gasteiger partial charge in [-0.25, -0.2) is 0 Å². The van der Waals surface area contributed by atoms with Gasteiger partial charge in [0, 0.05) is 43.3 Å². The summed E-state index contributed by atoms with van der Waals surface area (Å²) in [5.74, 6) is 0.0138. The molecule has 0 aliphatic carbocycles. The Balaban J connectivity index is 0.00000261. The van der Waals surface area contributed by atoms with Crippen LogP contribution in [-0.4, -0.2) is 62.4 Å². The molecule has 0 saturated carbocycles. The Labute approximate surface area is 166 Å². The number of nitrogens with one attached hydrogen (secondary N) is 2. The molecule has 2 aliphatic rings. The van der Waals surface area contributed by atoms with Crippen LogP contribution in [0.5, 0.6) is 5.75 Å². The number of carbonyl (C=O) groups excluding carboxylic acids is 1. The van der Waals surface area contributed by atoms with Gasteiger partial charge in [-0.2, -0.15) is 13.2 Å². The van der Waals surface area contributed by atoms with Crippen molar-refractivity contribution in [1.29, 1.82) is 0 Å². The summed E-state index contributed by atoms with van der Waals surface area (Å²) in [5, 5.41) is 5.91. The van der Waals surface area contributed by atoms with E-state index in [-0.39, 0.29) is 37.7 Å². The number of halogens is 5. The molecule has 1 fully saturated rings. The van der Waals surface area contributed by atoms with E-state index >= 15 is 0 Å². The number of hydrogen-bond donors (Lipinski definition) is 2. The number of alkyl halides is 3. The highest BCUT2D eigenvalue weighted by Crippen LogP contribution is 2.29. The molecule has 150 valence electrons. The molecule has 3 rings (SSSR count). The topological polar surface area (TPSA) is 53.6 Å². The fourth-order valence-corrected chi connectivity index (χ4v) is 3.21. The van der Waals surface area contributed by atoms with Gasteiger partial charge in [-0.05, 0) is 24.3 Å². The number of piperazine rings is 1. The molecule has 0 aromatic heterocycles. The van der Waals surface area contributed by atoms with Gasteiger partial charge in [-0.3, -0.25) is 9.69 Å². The van der Waals surface area contributed by atoms with Gasteiger partial charge in [0.1, 0.15) is 18.4 Å². The van der Waals surface area contributed by atoms with E-state index in [0.717, 1.165) is 0 Å². The van der Waals surface area contributed by atoms with E-state index < -0.39 is 24.7 Å². The second-order valence-electron chi connectivity index (χ2n) is 6.19. The van der Waals surface area contributed by atoms with Crippen molar-refractivity contribution in [1.82, 2.24) is 15.5 Å². The molecule has 1 saturated heterocycles. The van der Waals surface area contributed by atoms with E-state index in [4.69, 9.17) is 16.3 Å². The minimum Gasteiger partial charge on any atom is -0.488 e. The summed E-state index contributed by atoms with van der Waals surface area (Å²) in [6.45, 7) is 1.08. The molecule has 1 aromatic carbocycles. The maximum absolute atomic E-state index is 13.4. The third-order valence-corrected chi connectivity index (χ3v) is 4.64. The highest BCUT2D eigenvalue weighted by molar-refractivity contribution is 6.30. The van der Waals surface area contributed by atoms with Crippen molar-refractivity contribution >= 4 is 36.0 Å². The van der Waals surface area contributed by atoms with Crippen molar-refractivity contribution in [2.45, 2.75) is 12.2 Å². The van der Waals surface area contributed by atoms with Crippen LogP contribution in [0.15, 0.2) is 23.8 Å². The molecule has 2 N–H and O–H groups in total. The molecule has 27 heavy (non-hydrogen) atoms. The van der Waals surface area contributed by atoms with Crippen molar-refractivity contribution in [2.24, 2.45) is 0 Å². The lowest BCUT2D eigenvalue weighted by atomic mass is 10.1. The Hall–Kier alpha value is -1.48. The van der Waals surface area contributed by atoms with Crippen molar-refractivity contribution in [3.05, 3.63) is 34.4 Å². The summed E-state index contributed by atoms with van der Waals surface area (Å²) in [5.41, 5.74) is 0.893. The van der Waals surface area contributed by atoms with Gasteiger partial charge >= 0.3 is 6.18 Å². The van der Waals surface area contributed by atoms with Gasteiger partial charge in [-0.15, -0.1) is 12.4 Å². The smallest absolute Gasteiger partial charge is 0.405 e. The zero-order valence-corrected chi connectivity index (χ0v) is 15.9. The average molecular weight is 426 g/mol. The van der Waals surface area contributed by atoms with Crippen LogP contribution in [0.2, 0.25) is 5.02 Å². The Bertz CT molecular complexity index is 707. The summed E-state index contributed by atoms with van der Waals surface area (Å²) in [4.78, 5) is 13.7. The molecule has 5 nitrogen and oxygen atoms in total. The fraction of sp³-hybridized carbons (Fsp3) is 0.471. The normalized spacial score (nSPS) is 18.4. The average Bonchev–Trinajstić information content (AvgIpc) is 2.61. The number of benzene rings is 1. The van der Waals surface area contributed by atoms with Crippen molar-refractivity contribution < 1.29 is 22.7 Å². The molecular weight excluding hydrogens is 406 g/mol. The third kappa shape index (κ3) is 5.51. The lowest BCUT2D eigenvalue weighted by Crippen LogP contribution is -2.57. The van der Waals surface area contributed by atoms with Crippen LogP contribution in [0.4, 0.5) is 13.2 Å². The van der Waals surface area contributed by atoms with Crippen LogP contribution < -0.4 is 15.4 Å². The van der Waals surface area contributed by atoms with E-state index in [2.05, 4.69) is 10.6 Å². The molecule has 2 aliphatic heterocycles. The van der Waals surface area contributed by atoms with Crippen LogP contribution in [0.3, 0.4) is 0 Å². The zero-order valence-electron chi connectivity index (χ0n) is 14.3. The summed E-state index contributed by atoms with van der Waals surface area (Å²) in [6, 6.07) is 3.29. The van der Waals surface area contributed by atoms with Crippen LogP contribution in [-0.2, 0) is 4.79 Å². The first-order valence-electron chi connectivity index (χ1n) is 8.27. The Morgan fingerprint density at radius 2 is 2.04 bits per heavy atom. The minimum atomic E-state index is -4.41. The van der Waals surface area contributed by atoms with E-state index in [1.54, 1.807) is 24.3 Å². The number of carbonyl (C=O) groups is 1. The van der Waals surface area contributed by atoms with Gasteiger partial charge in [0.2, 0.25) is 0 Å². The van der Waals surface area contributed by atoms with Crippen molar-refractivity contribution in [3.8, 4) is 5.75 Å². The first-order chi connectivity index (χ1) is 12.3. The maximum Gasteiger partial charge on any atom is 0.405 e. The van der Waals surface area contributed by atoms with Crippen LogP contribution in [0, 0.1) is 0 Å². The maximum atomic E-state index is 13.4. The predicted molar refractivity (Wildman–Crippen MR) is 99.5 cm³/mol. The van der Waals surface area contributed by atoms with Crippen LogP contribution >= 0.6 is 24.0 Å². The SMILES string of the molecule is Cl.O=C(NCC(N1CCNCC1)C(F)(F)F)C1=Cc2cc(Cl)ccc2OC1. The molecule has 1 aromatic rings. The van der Waals surface area contributed by atoms with Crippen LogP contribution in [0.1, 0.15) is 5.56 Å². The number of rotatable bonds is 4. The molecule has 10 heteroatoms. The zero-order chi connectivity index (χ0) is 18.7. The lowest BCUT2D eigenvalue weighted by Gasteiger charge is -2.36.